The Morgan fingerprint density at radius 3 is 2.86 bits per heavy atom. The molecule has 0 saturated carbocycles. The Balaban J connectivity index is 2.14. The van der Waals surface area contributed by atoms with E-state index in [2.05, 4.69) is 31.5 Å². The van der Waals surface area contributed by atoms with E-state index in [4.69, 9.17) is 0 Å². The molecule has 0 spiro atoms. The lowest BCUT2D eigenvalue weighted by Gasteiger charge is -2.02. The van der Waals surface area contributed by atoms with E-state index in [1.54, 1.807) is 11.8 Å². The molecule has 0 bridgehead atoms. The van der Waals surface area contributed by atoms with Gasteiger partial charge in [-0.2, -0.15) is 0 Å². The number of aromatic nitrogens is 4. The summed E-state index contributed by atoms with van der Waals surface area (Å²) in [4.78, 5) is 13.4. The van der Waals surface area contributed by atoms with Crippen molar-refractivity contribution in [1.29, 1.82) is 0 Å². The molecule has 4 heterocycles. The molecule has 102 valence electrons. The van der Waals surface area contributed by atoms with Crippen molar-refractivity contribution < 1.29 is 0 Å². The standard InChI is InChI=1S/C16H12N4S/c1-21-16-18-9-7-12(19-16)14-11-5-4-8-17-15(11)20-10-3-2-6-13(14)20/h2-10H,1H3. The van der Waals surface area contributed by atoms with E-state index in [0.717, 1.165) is 33.0 Å². The summed E-state index contributed by atoms with van der Waals surface area (Å²) in [6, 6.07) is 12.1. The largest absolute Gasteiger partial charge is 0.301 e. The summed E-state index contributed by atoms with van der Waals surface area (Å²) >= 11 is 1.55. The predicted octanol–water partition coefficient (Wildman–Crippen LogP) is 3.67. The molecule has 0 fully saturated rings. The van der Waals surface area contributed by atoms with E-state index in [0.29, 0.717) is 0 Å². The number of hydrogen-bond acceptors (Lipinski definition) is 4. The van der Waals surface area contributed by atoms with Crippen LogP contribution in [0.4, 0.5) is 0 Å². The lowest BCUT2D eigenvalue weighted by molar-refractivity contribution is 0.978. The predicted molar refractivity (Wildman–Crippen MR) is 85.5 cm³/mol. The monoisotopic (exact) mass is 292 g/mol. The maximum absolute atomic E-state index is 4.64. The van der Waals surface area contributed by atoms with Gasteiger partial charge in [0.25, 0.3) is 0 Å². The summed E-state index contributed by atoms with van der Waals surface area (Å²) in [6.07, 6.45) is 7.64. The van der Waals surface area contributed by atoms with Crippen LogP contribution in [0, 0.1) is 0 Å². The molecule has 0 N–H and O–H groups in total. The van der Waals surface area contributed by atoms with Gasteiger partial charge in [0.15, 0.2) is 5.16 Å². The molecule has 0 atom stereocenters. The van der Waals surface area contributed by atoms with Crippen molar-refractivity contribution in [2.24, 2.45) is 0 Å². The number of pyridine rings is 2. The highest BCUT2D eigenvalue weighted by Crippen LogP contribution is 2.33. The first-order valence-electron chi connectivity index (χ1n) is 6.59. The number of thioether (sulfide) groups is 1. The molecule has 0 aliphatic carbocycles. The van der Waals surface area contributed by atoms with Gasteiger partial charge < -0.3 is 4.40 Å². The van der Waals surface area contributed by atoms with Gasteiger partial charge in [-0.1, -0.05) is 17.8 Å². The molecule has 4 aromatic rings. The van der Waals surface area contributed by atoms with Crippen molar-refractivity contribution in [2.75, 3.05) is 6.26 Å². The topological polar surface area (TPSA) is 43.1 Å². The van der Waals surface area contributed by atoms with Crippen molar-refractivity contribution in [3.63, 3.8) is 0 Å². The number of nitrogens with zero attached hydrogens (tertiary/aromatic N) is 4. The van der Waals surface area contributed by atoms with Gasteiger partial charge in [-0.3, -0.25) is 0 Å². The second-order valence-corrected chi connectivity index (χ2v) is 5.41. The van der Waals surface area contributed by atoms with Crippen LogP contribution in [-0.4, -0.2) is 25.6 Å². The van der Waals surface area contributed by atoms with Crippen LogP contribution in [0.1, 0.15) is 0 Å². The van der Waals surface area contributed by atoms with Crippen LogP contribution in [0.15, 0.2) is 60.1 Å². The molecule has 4 aromatic heterocycles. The lowest BCUT2D eigenvalue weighted by atomic mass is 10.1. The van der Waals surface area contributed by atoms with Gasteiger partial charge in [0, 0.05) is 29.5 Å². The molecular formula is C16H12N4S. The number of rotatable bonds is 2. The third-order valence-electron chi connectivity index (χ3n) is 3.47. The molecule has 0 unspecified atom stereocenters. The summed E-state index contributed by atoms with van der Waals surface area (Å²) in [6.45, 7) is 0. The van der Waals surface area contributed by atoms with Crippen LogP contribution < -0.4 is 0 Å². The zero-order valence-electron chi connectivity index (χ0n) is 11.4. The molecule has 0 aromatic carbocycles. The fraction of sp³-hybridized carbons (Fsp3) is 0.0625. The van der Waals surface area contributed by atoms with E-state index >= 15 is 0 Å². The van der Waals surface area contributed by atoms with Crippen LogP contribution in [-0.2, 0) is 0 Å². The fourth-order valence-electron chi connectivity index (χ4n) is 2.60. The molecular weight excluding hydrogens is 280 g/mol. The maximum atomic E-state index is 4.64. The van der Waals surface area contributed by atoms with E-state index in [9.17, 15) is 0 Å². The van der Waals surface area contributed by atoms with Crippen molar-refractivity contribution in [2.45, 2.75) is 5.16 Å². The fourth-order valence-corrected chi connectivity index (χ4v) is 2.96. The smallest absolute Gasteiger partial charge is 0.187 e. The summed E-state index contributed by atoms with van der Waals surface area (Å²) in [5.74, 6) is 0. The lowest BCUT2D eigenvalue weighted by Crippen LogP contribution is -1.89. The van der Waals surface area contributed by atoms with Gasteiger partial charge in [-0.25, -0.2) is 15.0 Å². The summed E-state index contributed by atoms with van der Waals surface area (Å²) < 4.78 is 2.10. The average molecular weight is 292 g/mol. The van der Waals surface area contributed by atoms with E-state index in [-0.39, 0.29) is 0 Å². The minimum Gasteiger partial charge on any atom is -0.301 e. The first-order valence-corrected chi connectivity index (χ1v) is 7.82. The molecule has 0 aliphatic heterocycles. The molecule has 0 amide bonds. The van der Waals surface area contributed by atoms with Crippen molar-refractivity contribution in [3.8, 4) is 11.3 Å². The third kappa shape index (κ3) is 1.89. The second-order valence-electron chi connectivity index (χ2n) is 4.63. The third-order valence-corrected chi connectivity index (χ3v) is 4.03. The highest BCUT2D eigenvalue weighted by molar-refractivity contribution is 7.98. The van der Waals surface area contributed by atoms with Crippen molar-refractivity contribution in [3.05, 3.63) is 55.0 Å². The quantitative estimate of drug-likeness (QED) is 0.417. The van der Waals surface area contributed by atoms with Crippen molar-refractivity contribution in [1.82, 2.24) is 19.4 Å². The molecule has 21 heavy (non-hydrogen) atoms. The van der Waals surface area contributed by atoms with E-state index < -0.39 is 0 Å². The van der Waals surface area contributed by atoms with Crippen LogP contribution >= 0.6 is 11.8 Å². The molecule has 4 rings (SSSR count). The van der Waals surface area contributed by atoms with Gasteiger partial charge >= 0.3 is 0 Å². The Morgan fingerprint density at radius 1 is 1.00 bits per heavy atom. The first-order chi connectivity index (χ1) is 10.4. The van der Waals surface area contributed by atoms with Crippen LogP contribution in [0.5, 0.6) is 0 Å². The Kier molecular flexibility index (Phi) is 2.86. The summed E-state index contributed by atoms with van der Waals surface area (Å²) in [5, 5.41) is 1.88. The van der Waals surface area contributed by atoms with Gasteiger partial charge in [0.05, 0.1) is 11.2 Å². The molecule has 5 heteroatoms. The van der Waals surface area contributed by atoms with Gasteiger partial charge in [0.1, 0.15) is 5.65 Å². The highest BCUT2D eigenvalue weighted by Gasteiger charge is 2.15. The molecule has 0 aliphatic rings. The van der Waals surface area contributed by atoms with Crippen LogP contribution in [0.25, 0.3) is 27.8 Å². The minimum absolute atomic E-state index is 0.778. The number of hydrogen-bond donors (Lipinski definition) is 0. The van der Waals surface area contributed by atoms with Gasteiger partial charge in [0.2, 0.25) is 0 Å². The first kappa shape index (κ1) is 12.3. The van der Waals surface area contributed by atoms with Gasteiger partial charge in [-0.15, -0.1) is 0 Å². The molecule has 0 saturated heterocycles. The minimum atomic E-state index is 0.778. The molecule has 4 nitrogen and oxygen atoms in total. The summed E-state index contributed by atoms with van der Waals surface area (Å²) in [7, 11) is 0. The molecule has 0 radical (unpaired) electrons. The average Bonchev–Trinajstić information content (AvgIpc) is 2.89. The second kappa shape index (κ2) is 4.86. The van der Waals surface area contributed by atoms with Crippen LogP contribution in [0.2, 0.25) is 0 Å². The van der Waals surface area contributed by atoms with Gasteiger partial charge in [-0.05, 0) is 36.6 Å². The zero-order valence-corrected chi connectivity index (χ0v) is 12.2. The maximum Gasteiger partial charge on any atom is 0.187 e. The zero-order chi connectivity index (χ0) is 14.2. The Bertz CT molecular complexity index is 892. The number of fused-ring (bicyclic) bond motifs is 3. The van der Waals surface area contributed by atoms with Crippen LogP contribution in [0.3, 0.4) is 0 Å². The normalized spacial score (nSPS) is 11.3. The Morgan fingerprint density at radius 2 is 1.95 bits per heavy atom. The van der Waals surface area contributed by atoms with Crippen molar-refractivity contribution >= 4 is 28.3 Å². The summed E-state index contributed by atoms with van der Waals surface area (Å²) in [5.41, 5.74) is 4.10. The Labute approximate surface area is 125 Å². The SMILES string of the molecule is CSc1nccc(-c2c3cccnc3n3ccccc23)n1. The van der Waals surface area contributed by atoms with E-state index in [1.165, 1.54) is 0 Å². The van der Waals surface area contributed by atoms with E-state index in [1.807, 2.05) is 49.1 Å². The Hall–Kier alpha value is -2.40. The highest BCUT2D eigenvalue weighted by atomic mass is 32.2.